The fourth-order valence-corrected chi connectivity index (χ4v) is 4.84. The van der Waals surface area contributed by atoms with E-state index in [0.29, 0.717) is 12.1 Å². The van der Waals surface area contributed by atoms with Gasteiger partial charge in [0.15, 0.2) is 18.1 Å². The summed E-state index contributed by atoms with van der Waals surface area (Å²) in [5, 5.41) is 9.04. The van der Waals surface area contributed by atoms with Crippen molar-refractivity contribution >= 4 is 52.2 Å². The molecule has 0 aliphatic carbocycles. The number of aliphatic carboxylic acids is 1. The molecule has 0 atom stereocenters. The van der Waals surface area contributed by atoms with E-state index in [1.54, 1.807) is 0 Å². The Hall–Kier alpha value is -3.79. The van der Waals surface area contributed by atoms with Crippen molar-refractivity contribution in [1.29, 1.82) is 0 Å². The summed E-state index contributed by atoms with van der Waals surface area (Å²) >= 11 is 6.00. The molecule has 0 unspecified atom stereocenters. The number of alkyl halides is 6. The minimum atomic E-state index is -5.15. The highest BCUT2D eigenvalue weighted by atomic mass is 32.2. The van der Waals surface area contributed by atoms with Crippen LogP contribution >= 0.6 is 24.0 Å². The van der Waals surface area contributed by atoms with Gasteiger partial charge in [-0.1, -0.05) is 24.0 Å². The van der Waals surface area contributed by atoms with Crippen molar-refractivity contribution in [3.8, 4) is 22.6 Å². The Morgan fingerprint density at radius 3 is 2.17 bits per heavy atom. The van der Waals surface area contributed by atoms with Gasteiger partial charge >= 0.3 is 18.3 Å². The standard InChI is InChI=1S/C24H18F6N2O6S2/c1-37-16-5-11(6-17-21(36)32(22(39)40-17)3-2-18(31)33)4-15(20(16)38-10-19(34)35)12-7-13(23(25,26)27)9-14(8-12)24(28,29)30/h4-9H,2-3,10H2,1H3,(H2,31,33)(H,34,35)/b17-6-. The quantitative estimate of drug-likeness (QED) is 0.234. The second-order valence-electron chi connectivity index (χ2n) is 8.13. The molecule has 0 saturated carbocycles. The minimum Gasteiger partial charge on any atom is -0.493 e. The van der Waals surface area contributed by atoms with Gasteiger partial charge in [0.2, 0.25) is 5.91 Å². The van der Waals surface area contributed by atoms with Gasteiger partial charge in [-0.15, -0.1) is 0 Å². The molecule has 0 aromatic heterocycles. The number of nitrogens with zero attached hydrogens (tertiary/aromatic N) is 1. The first-order valence-electron chi connectivity index (χ1n) is 10.9. The van der Waals surface area contributed by atoms with Gasteiger partial charge in [-0.25, -0.2) is 4.79 Å². The molecule has 16 heteroatoms. The van der Waals surface area contributed by atoms with Gasteiger partial charge in [-0.05, 0) is 47.5 Å². The zero-order chi connectivity index (χ0) is 30.0. The monoisotopic (exact) mass is 608 g/mol. The largest absolute Gasteiger partial charge is 0.493 e. The van der Waals surface area contributed by atoms with Crippen molar-refractivity contribution in [2.24, 2.45) is 5.73 Å². The van der Waals surface area contributed by atoms with Gasteiger partial charge < -0.3 is 20.3 Å². The second kappa shape index (κ2) is 11.8. The lowest BCUT2D eigenvalue weighted by molar-refractivity contribution is -0.143. The number of thioether (sulfide) groups is 1. The summed E-state index contributed by atoms with van der Waals surface area (Å²) in [5.74, 6) is -3.44. The van der Waals surface area contributed by atoms with Crippen molar-refractivity contribution in [2.75, 3.05) is 20.3 Å². The topological polar surface area (TPSA) is 119 Å². The van der Waals surface area contributed by atoms with Crippen LogP contribution in [0.1, 0.15) is 23.1 Å². The van der Waals surface area contributed by atoms with Gasteiger partial charge in [0.05, 0.1) is 23.1 Å². The van der Waals surface area contributed by atoms with Crippen molar-refractivity contribution in [3.63, 3.8) is 0 Å². The number of carbonyl (C=O) groups excluding carboxylic acids is 2. The number of hydrogen-bond donors (Lipinski definition) is 2. The van der Waals surface area contributed by atoms with Gasteiger partial charge in [-0.3, -0.25) is 14.5 Å². The van der Waals surface area contributed by atoms with Crippen LogP contribution in [0.15, 0.2) is 35.2 Å². The van der Waals surface area contributed by atoms with Crippen LogP contribution in [0.25, 0.3) is 17.2 Å². The van der Waals surface area contributed by atoms with Gasteiger partial charge in [0, 0.05) is 18.5 Å². The summed E-state index contributed by atoms with van der Waals surface area (Å²) < 4.78 is 91.7. The summed E-state index contributed by atoms with van der Waals surface area (Å²) in [7, 11) is 1.12. The van der Waals surface area contributed by atoms with Crippen molar-refractivity contribution in [2.45, 2.75) is 18.8 Å². The molecule has 2 aromatic carbocycles. The van der Waals surface area contributed by atoms with E-state index in [2.05, 4.69) is 0 Å². The van der Waals surface area contributed by atoms with E-state index in [4.69, 9.17) is 32.5 Å². The number of ether oxygens (including phenoxy) is 2. The number of methoxy groups -OCH3 is 1. The lowest BCUT2D eigenvalue weighted by Gasteiger charge is -2.18. The van der Waals surface area contributed by atoms with Crippen LogP contribution < -0.4 is 15.2 Å². The third-order valence-corrected chi connectivity index (χ3v) is 6.67. The molecule has 214 valence electrons. The maximum atomic E-state index is 13.5. The summed E-state index contributed by atoms with van der Waals surface area (Å²) in [6, 6.07) is 3.20. The van der Waals surface area contributed by atoms with Crippen LogP contribution in [0.3, 0.4) is 0 Å². The molecular weight excluding hydrogens is 590 g/mol. The first kappa shape index (κ1) is 30.7. The molecule has 2 amide bonds. The zero-order valence-electron chi connectivity index (χ0n) is 20.2. The number of carboxylic acid groups (broad SMARTS) is 1. The number of rotatable bonds is 9. The minimum absolute atomic E-state index is 0.0294. The van der Waals surface area contributed by atoms with E-state index in [1.165, 1.54) is 12.1 Å². The molecule has 0 bridgehead atoms. The van der Waals surface area contributed by atoms with Crippen molar-refractivity contribution < 1.29 is 55.3 Å². The second-order valence-corrected chi connectivity index (χ2v) is 9.80. The van der Waals surface area contributed by atoms with Crippen LogP contribution in [0.2, 0.25) is 0 Å². The van der Waals surface area contributed by atoms with E-state index in [0.717, 1.165) is 29.8 Å². The Morgan fingerprint density at radius 2 is 1.68 bits per heavy atom. The predicted molar refractivity (Wildman–Crippen MR) is 135 cm³/mol. The number of hydrogen-bond acceptors (Lipinski definition) is 7. The summed E-state index contributed by atoms with van der Waals surface area (Å²) in [6.07, 6.45) is -9.23. The van der Waals surface area contributed by atoms with Crippen LogP contribution in [0.4, 0.5) is 26.3 Å². The molecular formula is C24H18F6N2O6S2. The third-order valence-electron chi connectivity index (χ3n) is 5.29. The first-order valence-corrected chi connectivity index (χ1v) is 12.1. The van der Waals surface area contributed by atoms with E-state index < -0.39 is 59.2 Å². The average Bonchev–Trinajstić information content (AvgIpc) is 3.11. The first-order chi connectivity index (χ1) is 18.5. The number of carbonyl (C=O) groups is 3. The molecule has 0 spiro atoms. The molecule has 3 N–H and O–H groups in total. The van der Waals surface area contributed by atoms with Crippen LogP contribution in [-0.4, -0.2) is 52.4 Å². The molecule has 2 aromatic rings. The molecule has 0 radical (unpaired) electrons. The maximum absolute atomic E-state index is 13.5. The Bertz CT molecular complexity index is 1380. The number of thiocarbonyl (C=S) groups is 1. The Kier molecular flexibility index (Phi) is 9.04. The van der Waals surface area contributed by atoms with Crippen LogP contribution in [0, 0.1) is 0 Å². The molecule has 1 aliphatic rings. The third kappa shape index (κ3) is 7.24. The average molecular weight is 609 g/mol. The molecule has 8 nitrogen and oxygen atoms in total. The summed E-state index contributed by atoms with van der Waals surface area (Å²) in [6.45, 7) is -1.09. The predicted octanol–water partition coefficient (Wildman–Crippen LogP) is 4.94. The number of nitrogens with two attached hydrogens (primary N) is 1. The van der Waals surface area contributed by atoms with Crippen LogP contribution in [0.5, 0.6) is 11.5 Å². The van der Waals surface area contributed by atoms with E-state index >= 15 is 0 Å². The molecule has 40 heavy (non-hydrogen) atoms. The normalized spacial score (nSPS) is 15.1. The molecule has 1 heterocycles. The highest BCUT2D eigenvalue weighted by Crippen LogP contribution is 2.45. The Labute approximate surface area is 231 Å². The van der Waals surface area contributed by atoms with Crippen LogP contribution in [-0.2, 0) is 26.7 Å². The lowest BCUT2D eigenvalue weighted by atomic mass is 9.96. The van der Waals surface area contributed by atoms with E-state index in [9.17, 15) is 40.7 Å². The number of carboxylic acids is 1. The van der Waals surface area contributed by atoms with Crippen molar-refractivity contribution in [1.82, 2.24) is 4.90 Å². The van der Waals surface area contributed by atoms with Gasteiger partial charge in [0.25, 0.3) is 5.91 Å². The number of primary amides is 1. The number of benzene rings is 2. The summed E-state index contributed by atoms with van der Waals surface area (Å²) in [4.78, 5) is 36.2. The van der Waals surface area contributed by atoms with Gasteiger partial charge in [-0.2, -0.15) is 26.3 Å². The molecule has 1 saturated heterocycles. The fraction of sp³-hybridized carbons (Fsp3) is 0.250. The van der Waals surface area contributed by atoms with E-state index in [1.807, 2.05) is 0 Å². The zero-order valence-corrected chi connectivity index (χ0v) is 21.8. The Morgan fingerprint density at radius 1 is 1.07 bits per heavy atom. The van der Waals surface area contributed by atoms with Gasteiger partial charge in [0.1, 0.15) is 4.32 Å². The summed E-state index contributed by atoms with van der Waals surface area (Å²) in [5.41, 5.74) is 0.996. The SMILES string of the molecule is COc1cc(/C=C2\SC(=S)N(CCC(N)=O)C2=O)cc(-c2cc(C(F)(F)F)cc(C(F)(F)F)c2)c1OCC(=O)O. The maximum Gasteiger partial charge on any atom is 0.416 e. The lowest BCUT2D eigenvalue weighted by Crippen LogP contribution is -2.31. The fourth-order valence-electron chi connectivity index (χ4n) is 3.53. The smallest absolute Gasteiger partial charge is 0.416 e. The number of amides is 2. The Balaban J connectivity index is 2.23. The molecule has 3 rings (SSSR count). The van der Waals surface area contributed by atoms with Crippen molar-refractivity contribution in [3.05, 3.63) is 51.9 Å². The number of halogens is 6. The highest BCUT2D eigenvalue weighted by molar-refractivity contribution is 8.26. The van der Waals surface area contributed by atoms with E-state index in [-0.39, 0.29) is 45.1 Å². The molecule has 1 aliphatic heterocycles. The molecule has 1 fully saturated rings. The highest BCUT2D eigenvalue weighted by Gasteiger charge is 2.37.